The molecule has 0 N–H and O–H groups in total. The highest BCUT2D eigenvalue weighted by Crippen LogP contribution is 2.46. The summed E-state index contributed by atoms with van der Waals surface area (Å²) in [7, 11) is 0. The maximum atomic E-state index is 4.84. The zero-order valence-electron chi connectivity index (χ0n) is 11.3. The molecule has 0 saturated carbocycles. The number of aromatic nitrogens is 1. The van der Waals surface area contributed by atoms with Crippen LogP contribution in [0, 0.1) is 6.92 Å². The molecule has 2 heteroatoms. The summed E-state index contributed by atoms with van der Waals surface area (Å²) in [6.45, 7) is 4.51. The predicted molar refractivity (Wildman–Crippen MR) is 78.6 cm³/mol. The Morgan fingerprint density at radius 1 is 1.11 bits per heavy atom. The smallest absolute Gasteiger partial charge is 0.0678 e. The van der Waals surface area contributed by atoms with Gasteiger partial charge in [-0.3, -0.25) is 4.98 Å². The first kappa shape index (κ1) is 11.0. The maximum absolute atomic E-state index is 4.84. The van der Waals surface area contributed by atoms with Gasteiger partial charge in [0.15, 0.2) is 0 Å². The van der Waals surface area contributed by atoms with Crippen molar-refractivity contribution in [2.75, 3.05) is 18.0 Å². The van der Waals surface area contributed by atoms with Gasteiger partial charge in [0.05, 0.1) is 11.4 Å². The van der Waals surface area contributed by atoms with Gasteiger partial charge in [0.1, 0.15) is 0 Å². The molecule has 0 unspecified atom stereocenters. The lowest BCUT2D eigenvalue weighted by Crippen LogP contribution is -2.39. The lowest BCUT2D eigenvalue weighted by molar-refractivity contribution is 0.463. The van der Waals surface area contributed by atoms with Crippen LogP contribution in [-0.4, -0.2) is 18.1 Å². The molecule has 2 nitrogen and oxygen atoms in total. The van der Waals surface area contributed by atoms with Crippen LogP contribution in [-0.2, 0) is 0 Å². The number of nitrogens with zero attached hydrogens (tertiary/aromatic N) is 2. The molecule has 1 aromatic carbocycles. The van der Waals surface area contributed by atoms with Crippen LogP contribution in [0.1, 0.15) is 30.1 Å². The Kier molecular flexibility index (Phi) is 2.37. The van der Waals surface area contributed by atoms with E-state index in [1.807, 2.05) is 0 Å². The van der Waals surface area contributed by atoms with Gasteiger partial charge in [-0.25, -0.2) is 0 Å². The van der Waals surface area contributed by atoms with Crippen molar-refractivity contribution in [3.8, 4) is 11.1 Å². The summed E-state index contributed by atoms with van der Waals surface area (Å²) >= 11 is 0. The quantitative estimate of drug-likeness (QED) is 0.766. The molecule has 0 atom stereocenters. The third kappa shape index (κ3) is 1.66. The average molecular weight is 250 g/mol. The van der Waals surface area contributed by atoms with E-state index in [-0.39, 0.29) is 0 Å². The fourth-order valence-corrected chi connectivity index (χ4v) is 3.52. The third-order valence-electron chi connectivity index (χ3n) is 4.43. The molecular weight excluding hydrogens is 232 g/mol. The highest BCUT2D eigenvalue weighted by Gasteiger charge is 2.34. The van der Waals surface area contributed by atoms with Crippen LogP contribution in [0.3, 0.4) is 0 Å². The van der Waals surface area contributed by atoms with E-state index < -0.39 is 0 Å². The molecule has 2 bridgehead atoms. The van der Waals surface area contributed by atoms with Crippen molar-refractivity contribution in [2.24, 2.45) is 0 Å². The molecule has 5 rings (SSSR count). The summed E-state index contributed by atoms with van der Waals surface area (Å²) in [5, 5.41) is 0. The van der Waals surface area contributed by atoms with Gasteiger partial charge in [0.25, 0.3) is 0 Å². The van der Waals surface area contributed by atoms with Crippen LogP contribution in [0.25, 0.3) is 11.1 Å². The van der Waals surface area contributed by atoms with Gasteiger partial charge in [-0.15, -0.1) is 0 Å². The Labute approximate surface area is 114 Å². The van der Waals surface area contributed by atoms with Crippen molar-refractivity contribution in [3.63, 3.8) is 0 Å². The first-order valence-electron chi connectivity index (χ1n) is 7.15. The Bertz CT molecular complexity index is 611. The van der Waals surface area contributed by atoms with Crippen LogP contribution >= 0.6 is 0 Å². The molecule has 1 aromatic heterocycles. The Hall–Kier alpha value is -1.83. The Balaban J connectivity index is 1.97. The third-order valence-corrected chi connectivity index (χ3v) is 4.43. The highest BCUT2D eigenvalue weighted by molar-refractivity contribution is 5.82. The molecule has 0 aliphatic carbocycles. The van der Waals surface area contributed by atoms with E-state index in [1.54, 1.807) is 0 Å². The SMILES string of the molecule is Cc1cc(-c2ccccc2)c2c(n1)C1CCN2CC1. The van der Waals surface area contributed by atoms with Gasteiger partial charge >= 0.3 is 0 Å². The molecule has 0 amide bonds. The Morgan fingerprint density at radius 3 is 2.58 bits per heavy atom. The number of rotatable bonds is 1. The van der Waals surface area contributed by atoms with E-state index >= 15 is 0 Å². The monoisotopic (exact) mass is 250 g/mol. The van der Waals surface area contributed by atoms with Gasteiger partial charge in [0.2, 0.25) is 0 Å². The van der Waals surface area contributed by atoms with Crippen LogP contribution in [0.15, 0.2) is 36.4 Å². The molecular formula is C17H18N2. The average Bonchev–Trinajstić information content (AvgIpc) is 2.48. The van der Waals surface area contributed by atoms with Crippen molar-refractivity contribution in [1.29, 1.82) is 0 Å². The number of hydrogen-bond donors (Lipinski definition) is 0. The minimum absolute atomic E-state index is 0.683. The summed E-state index contributed by atoms with van der Waals surface area (Å²) in [6.07, 6.45) is 2.55. The number of anilines is 1. The lowest BCUT2D eigenvalue weighted by atomic mass is 9.84. The summed E-state index contributed by atoms with van der Waals surface area (Å²) in [4.78, 5) is 7.37. The van der Waals surface area contributed by atoms with Crippen LogP contribution in [0.5, 0.6) is 0 Å². The number of pyridine rings is 1. The summed E-state index contributed by atoms with van der Waals surface area (Å²) < 4.78 is 0. The second-order valence-corrected chi connectivity index (χ2v) is 5.67. The van der Waals surface area contributed by atoms with E-state index in [0.717, 1.165) is 5.69 Å². The molecule has 1 fully saturated rings. The fraction of sp³-hybridized carbons (Fsp3) is 0.353. The summed E-state index contributed by atoms with van der Waals surface area (Å²) in [5.41, 5.74) is 6.58. The number of benzene rings is 1. The van der Waals surface area contributed by atoms with Gasteiger partial charge in [-0.2, -0.15) is 0 Å². The van der Waals surface area contributed by atoms with Gasteiger partial charge in [-0.1, -0.05) is 30.3 Å². The van der Waals surface area contributed by atoms with Crippen molar-refractivity contribution in [2.45, 2.75) is 25.7 Å². The van der Waals surface area contributed by atoms with E-state index in [2.05, 4.69) is 48.2 Å². The van der Waals surface area contributed by atoms with Gasteiger partial charge in [0, 0.05) is 30.3 Å². The van der Waals surface area contributed by atoms with Crippen LogP contribution < -0.4 is 4.90 Å². The molecule has 0 radical (unpaired) electrons. The minimum atomic E-state index is 0.683. The largest absolute Gasteiger partial charge is 0.370 e. The number of fused-ring (bicyclic) bond motifs is 2. The highest BCUT2D eigenvalue weighted by atomic mass is 15.2. The molecule has 3 aliphatic rings. The van der Waals surface area contributed by atoms with Crippen molar-refractivity contribution in [3.05, 3.63) is 47.8 Å². The number of hydrogen-bond acceptors (Lipinski definition) is 2. The minimum Gasteiger partial charge on any atom is -0.370 e. The van der Waals surface area contributed by atoms with E-state index in [1.165, 1.54) is 48.4 Å². The van der Waals surface area contributed by atoms with E-state index in [9.17, 15) is 0 Å². The van der Waals surface area contributed by atoms with Gasteiger partial charge in [-0.05, 0) is 31.4 Å². The zero-order chi connectivity index (χ0) is 12.8. The van der Waals surface area contributed by atoms with E-state index in [4.69, 9.17) is 4.98 Å². The zero-order valence-corrected chi connectivity index (χ0v) is 11.3. The van der Waals surface area contributed by atoms with Crippen molar-refractivity contribution >= 4 is 5.69 Å². The predicted octanol–water partition coefficient (Wildman–Crippen LogP) is 3.75. The molecule has 0 spiro atoms. The van der Waals surface area contributed by atoms with E-state index in [0.29, 0.717) is 5.92 Å². The maximum Gasteiger partial charge on any atom is 0.0678 e. The summed E-state index contributed by atoms with van der Waals surface area (Å²) in [5.74, 6) is 0.683. The van der Waals surface area contributed by atoms with Crippen molar-refractivity contribution < 1.29 is 0 Å². The standard InChI is InChI=1S/C17H18N2/c1-12-11-15(13-5-3-2-4-6-13)17-16(18-12)14-7-9-19(17)10-8-14/h2-6,11,14H,7-10H2,1H3. The Morgan fingerprint density at radius 2 is 1.84 bits per heavy atom. The number of aryl methyl sites for hydroxylation is 1. The molecule has 96 valence electrons. The topological polar surface area (TPSA) is 16.1 Å². The second-order valence-electron chi connectivity index (χ2n) is 5.67. The first-order chi connectivity index (χ1) is 9.33. The molecule has 19 heavy (non-hydrogen) atoms. The number of piperidine rings is 1. The van der Waals surface area contributed by atoms with Crippen LogP contribution in [0.2, 0.25) is 0 Å². The molecule has 4 heterocycles. The normalized spacial score (nSPS) is 17.6. The molecule has 3 aliphatic heterocycles. The fourth-order valence-electron chi connectivity index (χ4n) is 3.52. The lowest BCUT2D eigenvalue weighted by Gasteiger charge is -2.42. The van der Waals surface area contributed by atoms with Crippen molar-refractivity contribution in [1.82, 2.24) is 4.98 Å². The summed E-state index contributed by atoms with van der Waals surface area (Å²) in [6, 6.07) is 13.0. The molecule has 2 aromatic rings. The second kappa shape index (κ2) is 4.09. The van der Waals surface area contributed by atoms with Crippen LogP contribution in [0.4, 0.5) is 5.69 Å². The first-order valence-corrected chi connectivity index (χ1v) is 7.15. The van der Waals surface area contributed by atoms with Gasteiger partial charge < -0.3 is 4.90 Å². The molecule has 1 saturated heterocycles.